The summed E-state index contributed by atoms with van der Waals surface area (Å²) in [5.41, 5.74) is 0. The Balaban J connectivity index is 1.66. The van der Waals surface area contributed by atoms with E-state index in [2.05, 4.69) is 41.2 Å². The monoisotopic (exact) mass is 365 g/mol. The first-order chi connectivity index (χ1) is 12.7. The molecule has 0 aromatic carbocycles. The first-order valence-electron chi connectivity index (χ1n) is 11.2. The van der Waals surface area contributed by atoms with Gasteiger partial charge in [-0.15, -0.1) is 0 Å². The van der Waals surface area contributed by atoms with E-state index in [-0.39, 0.29) is 0 Å². The van der Waals surface area contributed by atoms with E-state index >= 15 is 0 Å². The summed E-state index contributed by atoms with van der Waals surface area (Å²) in [5, 5.41) is 7.04. The molecule has 1 saturated heterocycles. The van der Waals surface area contributed by atoms with Gasteiger partial charge in [0.05, 0.1) is 6.54 Å². The number of nitrogens with one attached hydrogen (secondary N) is 2. The van der Waals surface area contributed by atoms with E-state index in [9.17, 15) is 0 Å². The molecule has 0 amide bonds. The average molecular weight is 366 g/mol. The lowest BCUT2D eigenvalue weighted by Crippen LogP contribution is -2.47. The zero-order chi connectivity index (χ0) is 18.6. The van der Waals surface area contributed by atoms with E-state index in [1.54, 1.807) is 0 Å². The summed E-state index contributed by atoms with van der Waals surface area (Å²) in [6, 6.07) is 0.503. The van der Waals surface area contributed by atoms with Crippen molar-refractivity contribution < 1.29 is 0 Å². The molecular weight excluding hydrogens is 322 g/mol. The summed E-state index contributed by atoms with van der Waals surface area (Å²) in [7, 11) is 0. The normalized spacial score (nSPS) is 22.3. The van der Waals surface area contributed by atoms with E-state index in [1.165, 1.54) is 77.7 Å². The summed E-state index contributed by atoms with van der Waals surface area (Å²) < 4.78 is 0. The highest BCUT2D eigenvalue weighted by Crippen LogP contribution is 2.27. The molecule has 0 aromatic rings. The maximum absolute atomic E-state index is 4.82. The van der Waals surface area contributed by atoms with Gasteiger partial charge in [0.15, 0.2) is 5.96 Å². The number of guanidine groups is 1. The molecule has 1 aliphatic heterocycles. The lowest BCUT2D eigenvalue weighted by atomic mass is 9.85. The minimum atomic E-state index is 0.503. The lowest BCUT2D eigenvalue weighted by molar-refractivity contribution is 0.140. The molecule has 2 rings (SSSR count). The van der Waals surface area contributed by atoms with Crippen molar-refractivity contribution in [2.24, 2.45) is 10.9 Å². The molecule has 0 aromatic heterocycles. The van der Waals surface area contributed by atoms with Crippen LogP contribution in [0.1, 0.15) is 65.7 Å². The molecule has 1 saturated carbocycles. The second-order valence-corrected chi connectivity index (χ2v) is 8.16. The van der Waals surface area contributed by atoms with Gasteiger partial charge in [0.1, 0.15) is 0 Å². The molecule has 26 heavy (non-hydrogen) atoms. The largest absolute Gasteiger partial charge is 0.357 e. The first kappa shape index (κ1) is 21.5. The number of aliphatic imine (C=N–C) groups is 1. The van der Waals surface area contributed by atoms with Crippen molar-refractivity contribution in [2.75, 3.05) is 52.4 Å². The van der Waals surface area contributed by atoms with Crippen molar-refractivity contribution in [1.29, 1.82) is 0 Å². The summed E-state index contributed by atoms with van der Waals surface area (Å²) >= 11 is 0. The molecule has 1 unspecified atom stereocenters. The zero-order valence-corrected chi connectivity index (χ0v) is 17.6. The van der Waals surface area contributed by atoms with E-state index in [0.29, 0.717) is 6.04 Å². The molecule has 0 spiro atoms. The van der Waals surface area contributed by atoms with Crippen molar-refractivity contribution >= 4 is 5.96 Å². The molecule has 2 N–H and O–H groups in total. The first-order valence-corrected chi connectivity index (χ1v) is 11.2. The van der Waals surface area contributed by atoms with Gasteiger partial charge in [0.2, 0.25) is 0 Å². The Morgan fingerprint density at radius 1 is 1.04 bits per heavy atom. The van der Waals surface area contributed by atoms with Crippen molar-refractivity contribution in [1.82, 2.24) is 20.4 Å². The third-order valence-electron chi connectivity index (χ3n) is 6.06. The second kappa shape index (κ2) is 12.6. The Morgan fingerprint density at radius 3 is 2.38 bits per heavy atom. The van der Waals surface area contributed by atoms with Crippen LogP contribution in [0, 0.1) is 5.92 Å². The Kier molecular flexibility index (Phi) is 10.4. The Bertz CT molecular complexity index is 384. The van der Waals surface area contributed by atoms with E-state index < -0.39 is 0 Å². The van der Waals surface area contributed by atoms with Crippen LogP contribution in [0.25, 0.3) is 0 Å². The fourth-order valence-corrected chi connectivity index (χ4v) is 4.22. The summed E-state index contributed by atoms with van der Waals surface area (Å²) in [5.74, 6) is 1.96. The molecule has 0 radical (unpaired) electrons. The van der Waals surface area contributed by atoms with Gasteiger partial charge in [0, 0.05) is 45.3 Å². The molecule has 2 aliphatic rings. The van der Waals surface area contributed by atoms with Crippen LogP contribution in [-0.2, 0) is 0 Å². The fraction of sp³-hybridized carbons (Fsp3) is 0.952. The van der Waals surface area contributed by atoms with Crippen LogP contribution in [0.15, 0.2) is 4.99 Å². The minimum Gasteiger partial charge on any atom is -0.357 e. The van der Waals surface area contributed by atoms with Gasteiger partial charge in [-0.05, 0) is 39.2 Å². The predicted octanol–water partition coefficient (Wildman–Crippen LogP) is 2.93. The molecule has 5 heteroatoms. The summed E-state index contributed by atoms with van der Waals surface area (Å²) in [4.78, 5) is 9.90. The van der Waals surface area contributed by atoms with Crippen LogP contribution in [0.3, 0.4) is 0 Å². The van der Waals surface area contributed by atoms with Gasteiger partial charge in [0.25, 0.3) is 0 Å². The lowest BCUT2D eigenvalue weighted by Gasteiger charge is -2.33. The van der Waals surface area contributed by atoms with Gasteiger partial charge in [-0.3, -0.25) is 9.89 Å². The van der Waals surface area contributed by atoms with Crippen LogP contribution in [0.2, 0.25) is 0 Å². The molecule has 2 fully saturated rings. The number of piperazine rings is 1. The average Bonchev–Trinajstić information content (AvgIpc) is 2.68. The molecular formula is C21H43N5. The van der Waals surface area contributed by atoms with Crippen molar-refractivity contribution in [3.63, 3.8) is 0 Å². The molecule has 152 valence electrons. The van der Waals surface area contributed by atoms with Crippen molar-refractivity contribution in [3.8, 4) is 0 Å². The van der Waals surface area contributed by atoms with Crippen molar-refractivity contribution in [2.45, 2.75) is 71.8 Å². The number of hydrogen-bond donors (Lipinski definition) is 2. The van der Waals surface area contributed by atoms with Gasteiger partial charge in [-0.1, -0.05) is 39.0 Å². The van der Waals surface area contributed by atoms with Crippen LogP contribution in [0.4, 0.5) is 0 Å². The number of rotatable bonds is 9. The van der Waals surface area contributed by atoms with Gasteiger partial charge in [-0.2, -0.15) is 0 Å². The topological polar surface area (TPSA) is 42.9 Å². The van der Waals surface area contributed by atoms with Crippen LogP contribution < -0.4 is 10.6 Å². The maximum atomic E-state index is 4.82. The van der Waals surface area contributed by atoms with E-state index in [4.69, 9.17) is 4.99 Å². The third-order valence-corrected chi connectivity index (χ3v) is 6.06. The Hall–Kier alpha value is -0.810. The van der Waals surface area contributed by atoms with Crippen LogP contribution in [0.5, 0.6) is 0 Å². The van der Waals surface area contributed by atoms with E-state index in [0.717, 1.165) is 31.5 Å². The summed E-state index contributed by atoms with van der Waals surface area (Å²) in [6.07, 6.45) is 9.88. The molecule has 0 bridgehead atoms. The third kappa shape index (κ3) is 8.26. The molecule has 5 nitrogen and oxygen atoms in total. The molecule has 1 heterocycles. The van der Waals surface area contributed by atoms with Crippen LogP contribution >= 0.6 is 0 Å². The van der Waals surface area contributed by atoms with Gasteiger partial charge in [-0.25, -0.2) is 0 Å². The van der Waals surface area contributed by atoms with Crippen molar-refractivity contribution in [3.05, 3.63) is 0 Å². The van der Waals surface area contributed by atoms with Gasteiger partial charge >= 0.3 is 0 Å². The summed E-state index contributed by atoms with van der Waals surface area (Å²) in [6.45, 7) is 15.6. The SMILES string of the molecule is CCNC(=NCCN1CCN(CC)CC1)NC(C)CCC1CCCCC1. The van der Waals surface area contributed by atoms with E-state index in [1.807, 2.05) is 0 Å². The quantitative estimate of drug-likeness (QED) is 0.487. The second-order valence-electron chi connectivity index (χ2n) is 8.16. The zero-order valence-electron chi connectivity index (χ0n) is 17.6. The number of hydrogen-bond acceptors (Lipinski definition) is 3. The maximum Gasteiger partial charge on any atom is 0.191 e. The Morgan fingerprint density at radius 2 is 1.73 bits per heavy atom. The van der Waals surface area contributed by atoms with Gasteiger partial charge < -0.3 is 15.5 Å². The predicted molar refractivity (Wildman–Crippen MR) is 113 cm³/mol. The Labute approximate surface area is 162 Å². The van der Waals surface area contributed by atoms with Crippen LogP contribution in [-0.4, -0.2) is 74.2 Å². The minimum absolute atomic E-state index is 0.503. The standard InChI is InChI=1S/C21H43N5/c1-4-22-21(23-13-14-26-17-15-25(5-2)16-18-26)24-19(3)11-12-20-9-7-6-8-10-20/h19-20H,4-18H2,1-3H3,(H2,22,23,24). The fourth-order valence-electron chi connectivity index (χ4n) is 4.22. The smallest absolute Gasteiger partial charge is 0.191 e. The number of likely N-dealkylation sites (N-methyl/N-ethyl adjacent to an activating group) is 1. The molecule has 1 atom stereocenters. The molecule has 1 aliphatic carbocycles. The highest BCUT2D eigenvalue weighted by molar-refractivity contribution is 5.80. The highest BCUT2D eigenvalue weighted by atomic mass is 15.3. The highest BCUT2D eigenvalue weighted by Gasteiger charge is 2.16. The number of nitrogens with zero attached hydrogens (tertiary/aromatic N) is 3.